The molecular weight excluding hydrogens is 417 g/mol. The van der Waals surface area contributed by atoms with Crippen LogP contribution in [0.1, 0.15) is 24.6 Å². The van der Waals surface area contributed by atoms with Gasteiger partial charge >= 0.3 is 25.4 Å². The Morgan fingerprint density at radius 1 is 1.45 bits per heavy atom. The highest BCUT2D eigenvalue weighted by molar-refractivity contribution is 7.50. The molecule has 5 atom stereocenters. The van der Waals surface area contributed by atoms with Gasteiger partial charge in [-0.2, -0.15) is 0 Å². The molecule has 1 aromatic rings. The Bertz CT molecular complexity index is 941. The van der Waals surface area contributed by atoms with E-state index in [1.54, 1.807) is 5.09 Å². The molecule has 0 radical (unpaired) electrons. The van der Waals surface area contributed by atoms with Crippen molar-refractivity contribution in [2.75, 3.05) is 6.61 Å². The van der Waals surface area contributed by atoms with Crippen LogP contribution in [0.5, 0.6) is 0 Å². The first-order chi connectivity index (χ1) is 13.4. The van der Waals surface area contributed by atoms with Gasteiger partial charge in [-0.3, -0.25) is 28.5 Å². The summed E-state index contributed by atoms with van der Waals surface area (Å²) in [5, 5.41) is 29.3. The normalized spacial score (nSPS) is 24.7. The monoisotopic (exact) mass is 437 g/mol. The molecule has 1 aromatic heterocycles. The van der Waals surface area contributed by atoms with Crippen molar-refractivity contribution in [1.29, 1.82) is 0 Å². The molecule has 1 aliphatic rings. The largest absolute Gasteiger partial charge is 0.481 e. The standard InChI is InChI=1S/C14H20N3O11P/c1-6-4-17(14(24)15-12(6)21)10-3-8(18)9(28-10)5-27-29(25,26)16-7(13(22)23)2-11(19)20/h4,7-10,18H,2-3,5H2,1H3,(H,19,20)(H,22,23)(H,15,21,24)(H2,16,25,26)/t7-,8+,9-,10-/m1/s1. The molecule has 1 aliphatic heterocycles. The Morgan fingerprint density at radius 2 is 2.10 bits per heavy atom. The summed E-state index contributed by atoms with van der Waals surface area (Å²) in [7, 11) is -4.75. The number of rotatable bonds is 9. The summed E-state index contributed by atoms with van der Waals surface area (Å²) >= 11 is 0. The maximum atomic E-state index is 12.0. The minimum absolute atomic E-state index is 0.0840. The van der Waals surface area contributed by atoms with Crippen LogP contribution < -0.4 is 16.3 Å². The highest BCUT2D eigenvalue weighted by atomic mass is 31.2. The third-order valence-corrected chi connectivity index (χ3v) is 5.21. The van der Waals surface area contributed by atoms with Gasteiger partial charge in [0.05, 0.1) is 19.1 Å². The molecule has 0 amide bonds. The first-order valence-electron chi connectivity index (χ1n) is 8.25. The molecule has 29 heavy (non-hydrogen) atoms. The third kappa shape index (κ3) is 6.06. The van der Waals surface area contributed by atoms with Gasteiger partial charge in [0.15, 0.2) is 0 Å². The molecule has 162 valence electrons. The average molecular weight is 437 g/mol. The molecule has 0 aromatic carbocycles. The van der Waals surface area contributed by atoms with Gasteiger partial charge in [-0.05, 0) is 6.92 Å². The van der Waals surface area contributed by atoms with Crippen LogP contribution in [0.25, 0.3) is 0 Å². The topological polar surface area (TPSA) is 217 Å². The maximum Gasteiger partial charge on any atom is 0.403 e. The maximum absolute atomic E-state index is 12.0. The number of nitrogens with one attached hydrogen (secondary N) is 2. The van der Waals surface area contributed by atoms with Gasteiger partial charge < -0.3 is 24.9 Å². The van der Waals surface area contributed by atoms with Gasteiger partial charge in [0, 0.05) is 18.2 Å². The number of aliphatic hydroxyl groups is 1. The minimum Gasteiger partial charge on any atom is -0.481 e. The van der Waals surface area contributed by atoms with Crippen molar-refractivity contribution in [1.82, 2.24) is 14.6 Å². The fourth-order valence-electron chi connectivity index (χ4n) is 2.61. The Labute approximate surface area is 162 Å². The second-order valence-electron chi connectivity index (χ2n) is 6.34. The number of hydrogen-bond acceptors (Lipinski definition) is 8. The SMILES string of the molecule is Cc1cn([C@H]2C[C@H](O)[C@@H](COP(=O)(O)N[C@H](CC(=O)O)C(=O)O)O2)c(=O)[nH]c1=O. The molecule has 15 heteroatoms. The molecule has 1 fully saturated rings. The van der Waals surface area contributed by atoms with Crippen molar-refractivity contribution in [3.05, 3.63) is 32.6 Å². The minimum atomic E-state index is -4.75. The summed E-state index contributed by atoms with van der Waals surface area (Å²) in [6.45, 7) is 0.805. The van der Waals surface area contributed by atoms with Crippen LogP contribution in [0.15, 0.2) is 15.8 Å². The lowest BCUT2D eigenvalue weighted by Gasteiger charge is -2.21. The van der Waals surface area contributed by atoms with E-state index in [9.17, 15) is 33.7 Å². The number of hydrogen-bond donors (Lipinski definition) is 6. The third-order valence-electron chi connectivity index (χ3n) is 4.07. The van der Waals surface area contributed by atoms with Crippen LogP contribution in [0, 0.1) is 6.92 Å². The van der Waals surface area contributed by atoms with Crippen LogP contribution >= 0.6 is 7.75 Å². The zero-order valence-corrected chi connectivity index (χ0v) is 15.9. The second-order valence-corrected chi connectivity index (χ2v) is 7.90. The molecule has 14 nitrogen and oxygen atoms in total. The van der Waals surface area contributed by atoms with Crippen molar-refractivity contribution in [3.8, 4) is 0 Å². The van der Waals surface area contributed by atoms with Crippen molar-refractivity contribution in [2.45, 2.75) is 44.2 Å². The fourth-order valence-corrected chi connectivity index (χ4v) is 3.63. The Kier molecular flexibility index (Phi) is 7.11. The van der Waals surface area contributed by atoms with E-state index in [1.165, 1.54) is 13.1 Å². The number of carboxylic acid groups (broad SMARTS) is 2. The van der Waals surface area contributed by atoms with Crippen LogP contribution in [0.4, 0.5) is 0 Å². The Hall–Kier alpha value is -2.35. The van der Waals surface area contributed by atoms with Crippen LogP contribution in [0.3, 0.4) is 0 Å². The van der Waals surface area contributed by atoms with E-state index >= 15 is 0 Å². The summed E-state index contributed by atoms with van der Waals surface area (Å²) in [5.41, 5.74) is -1.12. The van der Waals surface area contributed by atoms with E-state index in [0.29, 0.717) is 0 Å². The van der Waals surface area contributed by atoms with Gasteiger partial charge in [0.2, 0.25) is 0 Å². The lowest BCUT2D eigenvalue weighted by Crippen LogP contribution is -2.37. The molecule has 0 spiro atoms. The highest BCUT2D eigenvalue weighted by Crippen LogP contribution is 2.39. The number of carbonyl (C=O) groups is 2. The summed E-state index contributed by atoms with van der Waals surface area (Å²) in [6.07, 6.45) is -3.14. The van der Waals surface area contributed by atoms with Crippen molar-refractivity contribution in [3.63, 3.8) is 0 Å². The van der Waals surface area contributed by atoms with Crippen molar-refractivity contribution in [2.24, 2.45) is 0 Å². The van der Waals surface area contributed by atoms with E-state index in [1.807, 2.05) is 0 Å². The predicted octanol–water partition coefficient (Wildman–Crippen LogP) is -1.87. The van der Waals surface area contributed by atoms with E-state index in [2.05, 4.69) is 4.98 Å². The van der Waals surface area contributed by atoms with Crippen LogP contribution in [-0.2, 0) is 23.4 Å². The smallest absolute Gasteiger partial charge is 0.403 e. The summed E-state index contributed by atoms with van der Waals surface area (Å²) < 4.78 is 23.2. The second kappa shape index (κ2) is 8.98. The van der Waals surface area contributed by atoms with Gasteiger partial charge in [-0.25, -0.2) is 14.4 Å². The fraction of sp³-hybridized carbons (Fsp3) is 0.571. The first kappa shape index (κ1) is 22.9. The molecule has 1 saturated heterocycles. The van der Waals surface area contributed by atoms with Crippen LogP contribution in [-0.4, -0.2) is 66.6 Å². The number of carboxylic acids is 2. The highest BCUT2D eigenvalue weighted by Gasteiger charge is 2.38. The quantitative estimate of drug-likeness (QED) is 0.234. The van der Waals surface area contributed by atoms with E-state index < -0.39 is 68.4 Å². The molecule has 6 N–H and O–H groups in total. The molecular formula is C14H20N3O11P. The van der Waals surface area contributed by atoms with Gasteiger partial charge in [0.1, 0.15) is 18.4 Å². The van der Waals surface area contributed by atoms with E-state index in [4.69, 9.17) is 19.5 Å². The number of ether oxygens (including phenoxy) is 1. The number of aliphatic carboxylic acids is 2. The van der Waals surface area contributed by atoms with Gasteiger partial charge in [-0.15, -0.1) is 0 Å². The van der Waals surface area contributed by atoms with E-state index in [0.717, 1.165) is 4.57 Å². The number of H-pyrrole nitrogens is 1. The average Bonchev–Trinajstić information content (AvgIpc) is 2.96. The Balaban J connectivity index is 2.02. The van der Waals surface area contributed by atoms with Gasteiger partial charge in [-0.1, -0.05) is 0 Å². The summed E-state index contributed by atoms with van der Waals surface area (Å²) in [5.74, 6) is -3.18. The Morgan fingerprint density at radius 3 is 2.69 bits per heavy atom. The number of aromatic amines is 1. The molecule has 0 aliphatic carbocycles. The first-order valence-corrected chi connectivity index (χ1v) is 9.82. The summed E-state index contributed by atoms with van der Waals surface area (Å²) in [4.78, 5) is 56.7. The number of nitrogens with zero attached hydrogens (tertiary/aromatic N) is 1. The molecule has 2 heterocycles. The zero-order chi connectivity index (χ0) is 21.9. The molecule has 1 unspecified atom stereocenters. The number of aliphatic hydroxyl groups excluding tert-OH is 1. The molecule has 0 saturated carbocycles. The lowest BCUT2D eigenvalue weighted by atomic mass is 10.2. The summed E-state index contributed by atoms with van der Waals surface area (Å²) in [6, 6.07) is -1.88. The zero-order valence-electron chi connectivity index (χ0n) is 15.0. The molecule has 2 rings (SSSR count). The number of aromatic nitrogens is 2. The lowest BCUT2D eigenvalue weighted by molar-refractivity contribution is -0.145. The van der Waals surface area contributed by atoms with E-state index in [-0.39, 0.29) is 12.0 Å². The van der Waals surface area contributed by atoms with Gasteiger partial charge in [0.25, 0.3) is 5.56 Å². The van der Waals surface area contributed by atoms with Crippen molar-refractivity contribution < 1.29 is 43.6 Å². The predicted molar refractivity (Wildman–Crippen MR) is 93.2 cm³/mol. The van der Waals surface area contributed by atoms with Crippen LogP contribution in [0.2, 0.25) is 0 Å². The van der Waals surface area contributed by atoms with Crippen molar-refractivity contribution >= 4 is 19.7 Å². The molecule has 0 bridgehead atoms. The number of aryl methyl sites for hydroxylation is 1.